The fraction of sp³-hybridized carbons (Fsp3) is 0.324. The maximum atomic E-state index is 13.5. The summed E-state index contributed by atoms with van der Waals surface area (Å²) in [5.41, 5.74) is 1.92. The predicted molar refractivity (Wildman–Crippen MR) is 162 cm³/mol. The molecule has 0 saturated heterocycles. The minimum Gasteiger partial charge on any atom is -0.390 e. The van der Waals surface area contributed by atoms with E-state index in [1.807, 2.05) is 30.3 Å². The third-order valence-corrected chi connectivity index (χ3v) is 9.77. The van der Waals surface area contributed by atoms with Gasteiger partial charge in [-0.1, -0.05) is 41.9 Å². The second-order valence-corrected chi connectivity index (χ2v) is 12.8. The Bertz CT molecular complexity index is 1720. The Morgan fingerprint density at radius 3 is 2.24 bits per heavy atom. The van der Waals surface area contributed by atoms with Crippen molar-refractivity contribution in [2.24, 2.45) is 17.8 Å². The van der Waals surface area contributed by atoms with Gasteiger partial charge in [-0.05, 0) is 97.9 Å². The second-order valence-electron chi connectivity index (χ2n) is 12.4. The molecule has 1 aromatic heterocycles. The van der Waals surface area contributed by atoms with Crippen LogP contribution in [0.2, 0.25) is 5.02 Å². The summed E-state index contributed by atoms with van der Waals surface area (Å²) in [6.07, 6.45) is 6.19. The average molecular weight is 582 g/mol. The van der Waals surface area contributed by atoms with Crippen LogP contribution in [0, 0.1) is 17.8 Å². The first-order valence-corrected chi connectivity index (χ1v) is 14.9. The number of fused-ring (bicyclic) bond motifs is 1. The zero-order valence-corrected chi connectivity index (χ0v) is 23.7. The molecule has 4 bridgehead atoms. The predicted octanol–water partition coefficient (Wildman–Crippen LogP) is 5.37. The molecular formula is C34H32ClN3O4. The molecule has 4 N–H and O–H groups in total. The van der Waals surface area contributed by atoms with E-state index in [2.05, 4.69) is 15.6 Å². The lowest BCUT2D eigenvalue weighted by atomic mass is 9.52. The highest BCUT2D eigenvalue weighted by Crippen LogP contribution is 2.55. The first-order valence-electron chi connectivity index (χ1n) is 14.6. The molecule has 4 saturated carbocycles. The number of benzene rings is 3. The standard InChI is InChI=1S/C34H32ClN3O4/c35-25-10-11-26-28(14-25)36-18-27(31(26)39)30(20-4-2-1-3-5-20)38-33(41)22-8-6-21(7-9-22)32(40)37-29-23-12-19-13-24(29)17-34(42,15-19)16-23/h1-11,14,18-19,23-24,29-30,42H,12-13,15-17H2,(H,36,39)(H,37,40)(H,38,41)/t19?,23-,24-,29?,30?,34?/m1/s1. The first-order chi connectivity index (χ1) is 20.3. The molecule has 3 atom stereocenters. The summed E-state index contributed by atoms with van der Waals surface area (Å²) in [6, 6.07) is 20.4. The van der Waals surface area contributed by atoms with Gasteiger partial charge in [0.05, 0.1) is 17.2 Å². The van der Waals surface area contributed by atoms with Crippen molar-refractivity contribution >= 4 is 34.3 Å². The van der Waals surface area contributed by atoms with E-state index in [1.54, 1.807) is 48.7 Å². The normalized spacial score (nSPS) is 26.6. The van der Waals surface area contributed by atoms with Gasteiger partial charge in [-0.2, -0.15) is 0 Å². The largest absolute Gasteiger partial charge is 0.390 e. The van der Waals surface area contributed by atoms with E-state index >= 15 is 0 Å². The van der Waals surface area contributed by atoms with Crippen molar-refractivity contribution in [1.29, 1.82) is 0 Å². The highest BCUT2D eigenvalue weighted by Gasteiger charge is 2.55. The molecular weight excluding hydrogens is 550 g/mol. The minimum atomic E-state index is -0.697. The van der Waals surface area contributed by atoms with Gasteiger partial charge in [-0.3, -0.25) is 14.4 Å². The van der Waals surface area contributed by atoms with Gasteiger partial charge in [-0.25, -0.2) is 0 Å². The van der Waals surface area contributed by atoms with Crippen LogP contribution in [-0.4, -0.2) is 33.5 Å². The van der Waals surface area contributed by atoms with Crippen LogP contribution < -0.4 is 16.1 Å². The number of carbonyl (C=O) groups excluding carboxylic acids is 2. The average Bonchev–Trinajstić information content (AvgIpc) is 2.97. The van der Waals surface area contributed by atoms with E-state index in [4.69, 9.17) is 11.6 Å². The van der Waals surface area contributed by atoms with Gasteiger partial charge in [-0.15, -0.1) is 0 Å². The number of halogens is 1. The molecule has 1 heterocycles. The molecule has 4 fully saturated rings. The zero-order valence-electron chi connectivity index (χ0n) is 23.0. The van der Waals surface area contributed by atoms with E-state index in [9.17, 15) is 19.5 Å². The number of hydrogen-bond acceptors (Lipinski definition) is 4. The van der Waals surface area contributed by atoms with Crippen LogP contribution in [0.25, 0.3) is 10.9 Å². The molecule has 2 amide bonds. The lowest BCUT2D eigenvalue weighted by molar-refractivity contribution is -0.136. The van der Waals surface area contributed by atoms with E-state index in [-0.39, 0.29) is 23.3 Å². The van der Waals surface area contributed by atoms with E-state index in [0.29, 0.717) is 50.4 Å². The van der Waals surface area contributed by atoms with Gasteiger partial charge in [0.25, 0.3) is 11.8 Å². The van der Waals surface area contributed by atoms with Gasteiger partial charge in [0, 0.05) is 39.3 Å². The number of nitrogens with one attached hydrogen (secondary N) is 3. The number of H-pyrrole nitrogens is 1. The molecule has 4 aromatic rings. The summed E-state index contributed by atoms with van der Waals surface area (Å²) in [7, 11) is 0. The molecule has 1 unspecified atom stereocenters. The maximum Gasteiger partial charge on any atom is 0.252 e. The van der Waals surface area contributed by atoms with Crippen molar-refractivity contribution in [2.75, 3.05) is 0 Å². The van der Waals surface area contributed by atoms with E-state index in [0.717, 1.165) is 37.7 Å². The molecule has 8 rings (SSSR count). The van der Waals surface area contributed by atoms with E-state index in [1.165, 1.54) is 0 Å². The van der Waals surface area contributed by atoms with Crippen molar-refractivity contribution in [3.8, 4) is 0 Å². The Morgan fingerprint density at radius 1 is 0.905 bits per heavy atom. The van der Waals surface area contributed by atoms with E-state index < -0.39 is 11.6 Å². The van der Waals surface area contributed by atoms with Crippen molar-refractivity contribution < 1.29 is 14.7 Å². The number of aliphatic hydroxyl groups is 1. The molecule has 8 heteroatoms. The van der Waals surface area contributed by atoms with Crippen molar-refractivity contribution in [3.63, 3.8) is 0 Å². The third-order valence-electron chi connectivity index (χ3n) is 9.54. The van der Waals surface area contributed by atoms with Crippen molar-refractivity contribution in [2.45, 2.75) is 49.8 Å². The van der Waals surface area contributed by atoms with Crippen LogP contribution in [0.1, 0.15) is 70.0 Å². The topological polar surface area (TPSA) is 111 Å². The Hall–Kier alpha value is -3.94. The number of hydrogen-bond donors (Lipinski definition) is 4. The Morgan fingerprint density at radius 2 is 1.57 bits per heavy atom. The zero-order chi connectivity index (χ0) is 29.0. The van der Waals surface area contributed by atoms with Crippen LogP contribution in [0.4, 0.5) is 0 Å². The molecule has 214 valence electrons. The van der Waals surface area contributed by atoms with Crippen LogP contribution in [0.15, 0.2) is 83.8 Å². The van der Waals surface area contributed by atoms with Gasteiger partial charge in [0.15, 0.2) is 5.43 Å². The van der Waals surface area contributed by atoms with Gasteiger partial charge in [0.1, 0.15) is 0 Å². The highest BCUT2D eigenvalue weighted by molar-refractivity contribution is 6.31. The van der Waals surface area contributed by atoms with Crippen LogP contribution >= 0.6 is 11.6 Å². The number of pyridine rings is 1. The van der Waals surface area contributed by atoms with Gasteiger partial charge < -0.3 is 20.7 Å². The van der Waals surface area contributed by atoms with Crippen LogP contribution in [-0.2, 0) is 0 Å². The smallest absolute Gasteiger partial charge is 0.252 e. The molecule has 7 nitrogen and oxygen atoms in total. The molecule has 0 spiro atoms. The number of aromatic nitrogens is 1. The Labute approximate surface area is 248 Å². The van der Waals surface area contributed by atoms with Crippen LogP contribution in [0.5, 0.6) is 0 Å². The van der Waals surface area contributed by atoms with Crippen LogP contribution in [0.3, 0.4) is 0 Å². The second kappa shape index (κ2) is 10.4. The van der Waals surface area contributed by atoms with Crippen molar-refractivity contribution in [3.05, 3.63) is 116 Å². The molecule has 4 aliphatic carbocycles. The minimum absolute atomic E-state index is 0.0833. The summed E-state index contributed by atoms with van der Waals surface area (Å²) in [4.78, 5) is 43.3. The van der Waals surface area contributed by atoms with Gasteiger partial charge in [0.2, 0.25) is 0 Å². The van der Waals surface area contributed by atoms with Gasteiger partial charge >= 0.3 is 0 Å². The summed E-state index contributed by atoms with van der Waals surface area (Å²) in [6.45, 7) is 0. The molecule has 4 aliphatic rings. The Balaban J connectivity index is 1.10. The third kappa shape index (κ3) is 4.91. The summed E-state index contributed by atoms with van der Waals surface area (Å²) in [5.74, 6) is 0.694. The fourth-order valence-electron chi connectivity index (χ4n) is 7.85. The molecule has 0 radical (unpaired) electrons. The molecule has 42 heavy (non-hydrogen) atoms. The number of rotatable bonds is 6. The Kier molecular flexibility index (Phi) is 6.67. The first kappa shape index (κ1) is 26.9. The number of aromatic amines is 1. The molecule has 3 aromatic carbocycles. The molecule has 0 aliphatic heterocycles. The fourth-order valence-corrected chi connectivity index (χ4v) is 8.02. The SMILES string of the molecule is O=C(NC(c1ccccc1)c1c[nH]c2cc(Cl)ccc2c1=O)c1ccc(C(=O)NC2[C@@H]3CC4C[C@@H]2CC(O)(C4)C3)cc1. The highest BCUT2D eigenvalue weighted by atomic mass is 35.5. The summed E-state index contributed by atoms with van der Waals surface area (Å²) < 4.78 is 0. The number of carbonyl (C=O) groups is 2. The monoisotopic (exact) mass is 581 g/mol. The lowest BCUT2D eigenvalue weighted by Crippen LogP contribution is -2.61. The quantitative estimate of drug-likeness (QED) is 0.245. The lowest BCUT2D eigenvalue weighted by Gasteiger charge is -2.58. The number of amides is 2. The maximum absolute atomic E-state index is 13.5. The summed E-state index contributed by atoms with van der Waals surface area (Å²) >= 11 is 6.11. The summed E-state index contributed by atoms with van der Waals surface area (Å²) in [5, 5.41) is 18.1. The van der Waals surface area contributed by atoms with Crippen molar-refractivity contribution in [1.82, 2.24) is 15.6 Å².